The van der Waals surface area contributed by atoms with Gasteiger partial charge in [0.1, 0.15) is 11.5 Å². The minimum Gasteiger partial charge on any atom is -0.449 e. The van der Waals surface area contributed by atoms with Gasteiger partial charge < -0.3 is 15.0 Å². The molecule has 158 valence electrons. The van der Waals surface area contributed by atoms with Gasteiger partial charge in [-0.25, -0.2) is 9.18 Å². The van der Waals surface area contributed by atoms with Crippen LogP contribution in [-0.4, -0.2) is 36.0 Å². The molecule has 8 nitrogen and oxygen atoms in total. The fraction of sp³-hybridized carbons (Fsp3) is 0.333. The van der Waals surface area contributed by atoms with E-state index in [1.54, 1.807) is 6.07 Å². The van der Waals surface area contributed by atoms with Crippen molar-refractivity contribution in [2.45, 2.75) is 32.3 Å². The third-order valence-electron chi connectivity index (χ3n) is 4.87. The second-order valence-corrected chi connectivity index (χ2v) is 7.05. The van der Waals surface area contributed by atoms with E-state index < -0.39 is 28.7 Å². The molecule has 1 aliphatic rings. The molecule has 0 spiro atoms. The summed E-state index contributed by atoms with van der Waals surface area (Å²) in [7, 11) is 0. The molecule has 1 saturated heterocycles. The van der Waals surface area contributed by atoms with Crippen molar-refractivity contribution in [3.05, 3.63) is 64.0 Å². The van der Waals surface area contributed by atoms with Crippen LogP contribution in [-0.2, 0) is 9.53 Å². The maximum absolute atomic E-state index is 12.9. The number of ether oxygens (including phenoxy) is 1. The van der Waals surface area contributed by atoms with Gasteiger partial charge in [-0.3, -0.25) is 14.9 Å². The van der Waals surface area contributed by atoms with Crippen molar-refractivity contribution in [1.82, 2.24) is 0 Å². The average molecular weight is 415 g/mol. The fourth-order valence-corrected chi connectivity index (χ4v) is 3.26. The number of nitro groups is 1. The predicted molar refractivity (Wildman–Crippen MR) is 109 cm³/mol. The van der Waals surface area contributed by atoms with Crippen LogP contribution in [0.3, 0.4) is 0 Å². The smallest absolute Gasteiger partial charge is 0.339 e. The molecule has 1 N–H and O–H groups in total. The van der Waals surface area contributed by atoms with Gasteiger partial charge >= 0.3 is 5.97 Å². The highest BCUT2D eigenvalue weighted by Gasteiger charge is 2.25. The molecule has 0 aromatic heterocycles. The fourth-order valence-electron chi connectivity index (χ4n) is 3.26. The SMILES string of the molecule is C[C@H](OC(=O)c1ccc(N2CCCCC2)c([N+](=O)[O-])c1)C(=O)Nc1ccc(F)cc1. The Hall–Kier alpha value is -3.49. The number of esters is 1. The molecule has 1 heterocycles. The van der Waals surface area contributed by atoms with E-state index in [4.69, 9.17) is 4.74 Å². The van der Waals surface area contributed by atoms with Crippen molar-refractivity contribution in [3.8, 4) is 0 Å². The first-order chi connectivity index (χ1) is 14.3. The van der Waals surface area contributed by atoms with Crippen molar-refractivity contribution >= 4 is 28.9 Å². The van der Waals surface area contributed by atoms with Gasteiger partial charge in [0.25, 0.3) is 11.6 Å². The molecular weight excluding hydrogens is 393 g/mol. The molecule has 0 unspecified atom stereocenters. The Morgan fingerprint density at radius 3 is 2.43 bits per heavy atom. The van der Waals surface area contributed by atoms with Crippen molar-refractivity contribution in [2.75, 3.05) is 23.3 Å². The molecule has 2 aromatic rings. The number of nitro benzene ring substituents is 1. The van der Waals surface area contributed by atoms with Crippen molar-refractivity contribution < 1.29 is 23.6 Å². The highest BCUT2D eigenvalue weighted by atomic mass is 19.1. The number of nitrogens with zero attached hydrogens (tertiary/aromatic N) is 2. The van der Waals surface area contributed by atoms with Crippen LogP contribution in [0.5, 0.6) is 0 Å². The number of carbonyl (C=O) groups excluding carboxylic acids is 2. The maximum Gasteiger partial charge on any atom is 0.339 e. The van der Waals surface area contributed by atoms with Gasteiger partial charge in [0, 0.05) is 24.8 Å². The van der Waals surface area contributed by atoms with E-state index in [2.05, 4.69) is 5.32 Å². The van der Waals surface area contributed by atoms with E-state index in [0.717, 1.165) is 32.4 Å². The van der Waals surface area contributed by atoms with Crippen LogP contribution >= 0.6 is 0 Å². The van der Waals surface area contributed by atoms with E-state index in [0.29, 0.717) is 11.4 Å². The lowest BCUT2D eigenvalue weighted by Gasteiger charge is -2.28. The number of piperidine rings is 1. The molecule has 0 bridgehead atoms. The Balaban J connectivity index is 1.69. The van der Waals surface area contributed by atoms with Gasteiger partial charge in [0.15, 0.2) is 6.10 Å². The van der Waals surface area contributed by atoms with E-state index >= 15 is 0 Å². The summed E-state index contributed by atoms with van der Waals surface area (Å²) in [6, 6.07) is 9.32. The van der Waals surface area contributed by atoms with Crippen LogP contribution in [0.2, 0.25) is 0 Å². The molecule has 9 heteroatoms. The minimum absolute atomic E-state index is 0.0103. The summed E-state index contributed by atoms with van der Waals surface area (Å²) in [6.07, 6.45) is 1.86. The molecule has 1 fully saturated rings. The number of rotatable bonds is 6. The Morgan fingerprint density at radius 2 is 1.80 bits per heavy atom. The quantitative estimate of drug-likeness (QED) is 0.436. The summed E-state index contributed by atoms with van der Waals surface area (Å²) in [5.74, 6) is -1.89. The molecule has 1 aliphatic heterocycles. The molecule has 1 amide bonds. The van der Waals surface area contributed by atoms with Crippen molar-refractivity contribution in [2.24, 2.45) is 0 Å². The van der Waals surface area contributed by atoms with Gasteiger partial charge in [0.05, 0.1) is 10.5 Å². The predicted octanol–water partition coefficient (Wildman–Crippen LogP) is 3.91. The van der Waals surface area contributed by atoms with Crippen LogP contribution in [0.15, 0.2) is 42.5 Å². The first kappa shape index (κ1) is 21.2. The lowest BCUT2D eigenvalue weighted by atomic mass is 10.1. The molecule has 2 aromatic carbocycles. The first-order valence-corrected chi connectivity index (χ1v) is 9.66. The number of halogens is 1. The zero-order valence-corrected chi connectivity index (χ0v) is 16.5. The maximum atomic E-state index is 12.9. The van der Waals surface area contributed by atoms with Crippen LogP contribution in [0.4, 0.5) is 21.5 Å². The highest BCUT2D eigenvalue weighted by Crippen LogP contribution is 2.31. The van der Waals surface area contributed by atoms with Gasteiger partial charge in [-0.2, -0.15) is 0 Å². The van der Waals surface area contributed by atoms with E-state index in [1.807, 2.05) is 4.90 Å². The molecule has 1 atom stereocenters. The first-order valence-electron chi connectivity index (χ1n) is 9.66. The van der Waals surface area contributed by atoms with Crippen LogP contribution < -0.4 is 10.2 Å². The van der Waals surface area contributed by atoms with E-state index in [9.17, 15) is 24.1 Å². The number of carbonyl (C=O) groups is 2. The minimum atomic E-state index is -1.15. The Morgan fingerprint density at radius 1 is 1.13 bits per heavy atom. The van der Waals surface area contributed by atoms with Crippen LogP contribution in [0.25, 0.3) is 0 Å². The second kappa shape index (κ2) is 9.34. The lowest BCUT2D eigenvalue weighted by Crippen LogP contribution is -2.31. The second-order valence-electron chi connectivity index (χ2n) is 7.05. The Kier molecular flexibility index (Phi) is 6.61. The number of hydrogen-bond donors (Lipinski definition) is 1. The molecule has 3 rings (SSSR count). The molecular formula is C21H22FN3O5. The summed E-state index contributed by atoms with van der Waals surface area (Å²) in [6.45, 7) is 2.84. The Labute approximate surface area is 172 Å². The summed E-state index contributed by atoms with van der Waals surface area (Å²) in [4.78, 5) is 37.6. The summed E-state index contributed by atoms with van der Waals surface area (Å²) in [5.41, 5.74) is 0.642. The van der Waals surface area contributed by atoms with Gasteiger partial charge in [-0.05, 0) is 62.6 Å². The summed E-state index contributed by atoms with van der Waals surface area (Å²) in [5, 5.41) is 14.0. The number of anilines is 2. The molecule has 0 saturated carbocycles. The van der Waals surface area contributed by atoms with Gasteiger partial charge in [-0.15, -0.1) is 0 Å². The topological polar surface area (TPSA) is 102 Å². The third-order valence-corrected chi connectivity index (χ3v) is 4.87. The third kappa shape index (κ3) is 5.11. The number of nitrogens with one attached hydrogen (secondary N) is 1. The molecule has 0 aliphatic carbocycles. The van der Waals surface area contributed by atoms with Gasteiger partial charge in [-0.1, -0.05) is 0 Å². The number of hydrogen-bond acceptors (Lipinski definition) is 6. The van der Waals surface area contributed by atoms with Crippen molar-refractivity contribution in [3.63, 3.8) is 0 Å². The number of benzene rings is 2. The Bertz CT molecular complexity index is 942. The highest BCUT2D eigenvalue weighted by molar-refractivity contribution is 5.97. The van der Waals surface area contributed by atoms with Crippen molar-refractivity contribution in [1.29, 1.82) is 0 Å². The largest absolute Gasteiger partial charge is 0.449 e. The normalized spacial score (nSPS) is 14.7. The molecule has 30 heavy (non-hydrogen) atoms. The van der Waals surface area contributed by atoms with Gasteiger partial charge in [0.2, 0.25) is 0 Å². The van der Waals surface area contributed by atoms with E-state index in [-0.39, 0.29) is 11.3 Å². The lowest BCUT2D eigenvalue weighted by molar-refractivity contribution is -0.384. The standard InChI is InChI=1S/C21H22FN3O5/c1-14(20(26)23-17-8-6-16(22)7-9-17)30-21(27)15-5-10-18(19(13-15)25(28)29)24-11-3-2-4-12-24/h5-10,13-14H,2-4,11-12H2,1H3,(H,23,26)/t14-/m0/s1. The zero-order valence-electron chi connectivity index (χ0n) is 16.5. The van der Waals surface area contributed by atoms with E-state index in [1.165, 1.54) is 43.3 Å². The number of amides is 1. The van der Waals surface area contributed by atoms with Crippen LogP contribution in [0.1, 0.15) is 36.5 Å². The average Bonchev–Trinajstić information content (AvgIpc) is 2.75. The summed E-state index contributed by atoms with van der Waals surface area (Å²) >= 11 is 0. The molecule has 0 radical (unpaired) electrons. The monoisotopic (exact) mass is 415 g/mol. The summed E-state index contributed by atoms with van der Waals surface area (Å²) < 4.78 is 18.1. The zero-order chi connectivity index (χ0) is 21.7. The van der Waals surface area contributed by atoms with Crippen LogP contribution in [0, 0.1) is 15.9 Å².